The molecule has 3 unspecified atom stereocenters. The maximum atomic E-state index is 11.8. The number of nitrogens with one attached hydrogen (secondary N) is 2. The number of carbonyl (C=O) groups excluding carboxylic acids is 1. The van der Waals surface area contributed by atoms with Crippen LogP contribution < -0.4 is 10.6 Å². The van der Waals surface area contributed by atoms with Gasteiger partial charge in [-0.2, -0.15) is 0 Å². The largest absolute Gasteiger partial charge is 0.378 e. The number of likely N-dealkylation sites (N-methyl/N-ethyl adjacent to an activating group) is 1. The first-order chi connectivity index (χ1) is 11.4. The van der Waals surface area contributed by atoms with Gasteiger partial charge in [-0.3, -0.25) is 4.79 Å². The van der Waals surface area contributed by atoms with Gasteiger partial charge in [-0.1, -0.05) is 6.92 Å². The van der Waals surface area contributed by atoms with Crippen LogP contribution in [0.5, 0.6) is 0 Å². The Labute approximate surface area is 145 Å². The fraction of sp³-hybridized carbons (Fsp3) is 0.882. The lowest BCUT2D eigenvalue weighted by molar-refractivity contribution is -0.127. The van der Waals surface area contributed by atoms with Crippen molar-refractivity contribution in [2.45, 2.75) is 57.2 Å². The maximum absolute atomic E-state index is 11.8. The van der Waals surface area contributed by atoms with Crippen molar-refractivity contribution in [3.05, 3.63) is 0 Å². The zero-order chi connectivity index (χ0) is 17.6. The Bertz CT molecular complexity index is 447. The average Bonchev–Trinajstić information content (AvgIpc) is 2.99. The monoisotopic (exact) mass is 340 g/mol. The molecular weight excluding hydrogens is 308 g/mol. The fourth-order valence-electron chi connectivity index (χ4n) is 2.96. The smallest absolute Gasteiger partial charge is 0.243 e. The van der Waals surface area contributed by atoms with E-state index in [0.29, 0.717) is 18.6 Å². The van der Waals surface area contributed by atoms with Crippen LogP contribution in [0.1, 0.15) is 39.5 Å². The first-order valence-corrected chi connectivity index (χ1v) is 8.93. The van der Waals surface area contributed by atoms with Crippen LogP contribution in [0.4, 0.5) is 0 Å². The van der Waals surface area contributed by atoms with Gasteiger partial charge < -0.3 is 25.0 Å². The molecule has 2 N–H and O–H groups in total. The van der Waals surface area contributed by atoms with Crippen molar-refractivity contribution in [3.8, 4) is 0 Å². The number of amides is 1. The Morgan fingerprint density at radius 3 is 2.83 bits per heavy atom. The summed E-state index contributed by atoms with van der Waals surface area (Å²) >= 11 is 0. The van der Waals surface area contributed by atoms with Crippen LogP contribution in [0.15, 0.2) is 4.99 Å². The lowest BCUT2D eigenvalue weighted by atomic mass is 9.90. The molecule has 0 bridgehead atoms. The molecule has 3 atom stereocenters. The molecule has 1 amide bonds. The molecule has 24 heavy (non-hydrogen) atoms. The maximum Gasteiger partial charge on any atom is 0.243 e. The van der Waals surface area contributed by atoms with Crippen LogP contribution >= 0.6 is 0 Å². The van der Waals surface area contributed by atoms with Gasteiger partial charge in [0.25, 0.3) is 0 Å². The molecule has 0 aliphatic carbocycles. The molecule has 2 aliphatic rings. The lowest BCUT2D eigenvalue weighted by Crippen LogP contribution is -2.53. The van der Waals surface area contributed by atoms with Gasteiger partial charge in [0, 0.05) is 45.8 Å². The van der Waals surface area contributed by atoms with Crippen LogP contribution in [0.2, 0.25) is 0 Å². The molecule has 2 rings (SSSR count). The quantitative estimate of drug-likeness (QED) is 0.570. The van der Waals surface area contributed by atoms with E-state index in [1.807, 2.05) is 0 Å². The predicted octanol–water partition coefficient (Wildman–Crippen LogP) is 0.746. The number of hydrogen-bond acceptors (Lipinski definition) is 4. The summed E-state index contributed by atoms with van der Waals surface area (Å²) in [6.07, 6.45) is 3.80. The Balaban J connectivity index is 1.98. The van der Waals surface area contributed by atoms with Gasteiger partial charge >= 0.3 is 0 Å². The van der Waals surface area contributed by atoms with E-state index < -0.39 is 0 Å². The molecule has 0 aromatic carbocycles. The highest BCUT2D eigenvalue weighted by atomic mass is 16.6. The standard InChI is InChI=1S/C17H32N4O3/c1-5-13(2)19-16(18-11-15(22)21(3)4)20-14-6-8-24-17(10-14)7-9-23-12-17/h13-14H,5-12H2,1-4H3,(H2,18,19,20). The highest BCUT2D eigenvalue weighted by Crippen LogP contribution is 2.32. The summed E-state index contributed by atoms with van der Waals surface area (Å²) in [6, 6.07) is 0.583. The Hall–Kier alpha value is -1.34. The highest BCUT2D eigenvalue weighted by Gasteiger charge is 2.41. The molecule has 0 saturated carbocycles. The summed E-state index contributed by atoms with van der Waals surface area (Å²) in [4.78, 5) is 17.9. The topological polar surface area (TPSA) is 75.2 Å². The van der Waals surface area contributed by atoms with Crippen molar-refractivity contribution >= 4 is 11.9 Å². The molecule has 1 spiro atoms. The highest BCUT2D eigenvalue weighted by molar-refractivity contribution is 5.85. The van der Waals surface area contributed by atoms with Crippen molar-refractivity contribution in [2.75, 3.05) is 40.5 Å². The first kappa shape index (κ1) is 19.0. The van der Waals surface area contributed by atoms with Crippen LogP contribution in [-0.4, -0.2) is 74.9 Å². The summed E-state index contributed by atoms with van der Waals surface area (Å²) in [7, 11) is 3.49. The summed E-state index contributed by atoms with van der Waals surface area (Å²) in [5.74, 6) is 0.702. The van der Waals surface area contributed by atoms with Crippen molar-refractivity contribution in [2.24, 2.45) is 4.99 Å². The normalized spacial score (nSPS) is 28.7. The number of ether oxygens (including phenoxy) is 2. The van der Waals surface area contributed by atoms with Crippen LogP contribution in [0, 0.1) is 0 Å². The second kappa shape index (κ2) is 8.67. The van der Waals surface area contributed by atoms with Gasteiger partial charge in [-0.15, -0.1) is 0 Å². The number of hydrogen-bond donors (Lipinski definition) is 2. The summed E-state index contributed by atoms with van der Waals surface area (Å²) in [5, 5.41) is 6.88. The fourth-order valence-corrected chi connectivity index (χ4v) is 2.96. The molecule has 2 saturated heterocycles. The van der Waals surface area contributed by atoms with Gasteiger partial charge in [0.1, 0.15) is 6.54 Å². The minimum atomic E-state index is -0.142. The second-order valence-corrected chi connectivity index (χ2v) is 7.07. The van der Waals surface area contributed by atoms with E-state index in [0.717, 1.165) is 38.9 Å². The summed E-state index contributed by atoms with van der Waals surface area (Å²) in [6.45, 7) is 6.57. The molecule has 0 radical (unpaired) electrons. The van der Waals surface area contributed by atoms with E-state index in [4.69, 9.17) is 9.47 Å². The van der Waals surface area contributed by atoms with E-state index in [9.17, 15) is 4.79 Å². The number of aliphatic imine (C=N–C) groups is 1. The number of carbonyl (C=O) groups is 1. The Morgan fingerprint density at radius 1 is 1.42 bits per heavy atom. The predicted molar refractivity (Wildman–Crippen MR) is 94.2 cm³/mol. The van der Waals surface area contributed by atoms with Crippen LogP contribution in [0.25, 0.3) is 0 Å². The van der Waals surface area contributed by atoms with Gasteiger partial charge in [-0.25, -0.2) is 4.99 Å². The average molecular weight is 340 g/mol. The Morgan fingerprint density at radius 2 is 2.21 bits per heavy atom. The minimum Gasteiger partial charge on any atom is -0.378 e. The van der Waals surface area contributed by atoms with E-state index in [1.165, 1.54) is 0 Å². The zero-order valence-electron chi connectivity index (χ0n) is 15.4. The van der Waals surface area contributed by atoms with Crippen molar-refractivity contribution in [1.29, 1.82) is 0 Å². The summed E-state index contributed by atoms with van der Waals surface area (Å²) in [5.41, 5.74) is -0.142. The molecule has 138 valence electrons. The van der Waals surface area contributed by atoms with Gasteiger partial charge in [0.15, 0.2) is 5.96 Å². The Kier molecular flexibility index (Phi) is 6.86. The van der Waals surface area contributed by atoms with Gasteiger partial charge in [-0.05, 0) is 26.2 Å². The lowest BCUT2D eigenvalue weighted by Gasteiger charge is -2.38. The van der Waals surface area contributed by atoms with Crippen molar-refractivity contribution < 1.29 is 14.3 Å². The first-order valence-electron chi connectivity index (χ1n) is 8.93. The molecule has 7 nitrogen and oxygen atoms in total. The van der Waals surface area contributed by atoms with Crippen LogP contribution in [-0.2, 0) is 14.3 Å². The van der Waals surface area contributed by atoms with Crippen LogP contribution in [0.3, 0.4) is 0 Å². The third-order valence-corrected chi connectivity index (χ3v) is 4.77. The third-order valence-electron chi connectivity index (χ3n) is 4.77. The third kappa shape index (κ3) is 5.34. The van der Waals surface area contributed by atoms with E-state index in [1.54, 1.807) is 19.0 Å². The molecule has 2 aliphatic heterocycles. The minimum absolute atomic E-state index is 0.00658. The number of rotatable bonds is 5. The SMILES string of the molecule is CCC(C)NC(=NCC(=O)N(C)C)NC1CCOC2(CCOC2)C1. The van der Waals surface area contributed by atoms with Gasteiger partial charge in [0.2, 0.25) is 5.91 Å². The van der Waals surface area contributed by atoms with E-state index in [-0.39, 0.29) is 24.1 Å². The van der Waals surface area contributed by atoms with E-state index in [2.05, 4.69) is 29.5 Å². The molecule has 0 aromatic rings. The summed E-state index contributed by atoms with van der Waals surface area (Å²) < 4.78 is 11.5. The van der Waals surface area contributed by atoms with Crippen molar-refractivity contribution in [3.63, 3.8) is 0 Å². The molecule has 7 heteroatoms. The second-order valence-electron chi connectivity index (χ2n) is 7.07. The molecule has 2 fully saturated rings. The van der Waals surface area contributed by atoms with Gasteiger partial charge in [0.05, 0.1) is 12.2 Å². The van der Waals surface area contributed by atoms with Crippen molar-refractivity contribution in [1.82, 2.24) is 15.5 Å². The molecule has 0 aromatic heterocycles. The zero-order valence-corrected chi connectivity index (χ0v) is 15.4. The molecular formula is C17H32N4O3. The number of guanidine groups is 1. The number of nitrogens with zero attached hydrogens (tertiary/aromatic N) is 2. The molecule has 2 heterocycles. The van der Waals surface area contributed by atoms with E-state index >= 15 is 0 Å².